The summed E-state index contributed by atoms with van der Waals surface area (Å²) < 4.78 is 6.11. The number of methoxy groups -OCH3 is 1. The van der Waals surface area contributed by atoms with Gasteiger partial charge in [0, 0.05) is 55.5 Å². The molecule has 3 aromatic rings. The van der Waals surface area contributed by atoms with E-state index in [2.05, 4.69) is 58.1 Å². The lowest BCUT2D eigenvalue weighted by Gasteiger charge is -2.16. The maximum atomic E-state index is 13.1. The number of thioether (sulfide) groups is 1. The Balaban J connectivity index is 0. The zero-order valence-electron chi connectivity index (χ0n) is 23.3. The smallest absolute Gasteiger partial charge is 0.337 e. The summed E-state index contributed by atoms with van der Waals surface area (Å²) in [7, 11) is 2.90. The van der Waals surface area contributed by atoms with Crippen LogP contribution in [0.15, 0.2) is 53.7 Å². The summed E-state index contributed by atoms with van der Waals surface area (Å²) >= 11 is 5.19. The molecule has 1 amide bonds. The minimum absolute atomic E-state index is 0.287. The molecule has 0 spiro atoms. The number of aryl methyl sites for hydroxylation is 2. The number of nitrogens with one attached hydrogen (secondary N) is 1. The Kier molecular flexibility index (Phi) is 22.9. The maximum absolute atomic E-state index is 13.1. The van der Waals surface area contributed by atoms with Crippen molar-refractivity contribution in [3.8, 4) is 0 Å². The van der Waals surface area contributed by atoms with Crippen LogP contribution in [-0.2, 0) is 16.6 Å². The zero-order valence-corrected chi connectivity index (χ0v) is 28.4. The van der Waals surface area contributed by atoms with Crippen LogP contribution in [0.1, 0.15) is 67.8 Å². The van der Waals surface area contributed by atoms with Crippen LogP contribution in [0, 0.1) is 6.92 Å². The third kappa shape index (κ3) is 12.2. The molecule has 12 heteroatoms. The summed E-state index contributed by atoms with van der Waals surface area (Å²) in [4.78, 5) is 38.0. The van der Waals surface area contributed by atoms with Crippen molar-refractivity contribution in [2.75, 3.05) is 12.4 Å². The second kappa shape index (κ2) is 22.9. The molecule has 0 aliphatic rings. The van der Waals surface area contributed by atoms with E-state index in [1.54, 1.807) is 56.4 Å². The number of rotatable bonds is 7. The van der Waals surface area contributed by atoms with Crippen LogP contribution >= 0.6 is 49.0 Å². The molecule has 1 N–H and O–H groups in total. The number of aromatic nitrogens is 4. The first-order valence-electron chi connectivity index (χ1n) is 12.0. The van der Waals surface area contributed by atoms with Gasteiger partial charge in [-0.15, -0.1) is 5.10 Å². The van der Waals surface area contributed by atoms with Gasteiger partial charge in [0.05, 0.1) is 12.7 Å². The van der Waals surface area contributed by atoms with Gasteiger partial charge in [-0.3, -0.25) is 9.59 Å². The van der Waals surface area contributed by atoms with Crippen molar-refractivity contribution in [3.63, 3.8) is 0 Å². The summed E-state index contributed by atoms with van der Waals surface area (Å²) in [6, 6.07) is 13.3. The first-order valence-corrected chi connectivity index (χ1v) is 19.2. The Morgan fingerprint density at radius 2 is 1.53 bits per heavy atom. The normalized spacial score (nSPS) is 9.76. The van der Waals surface area contributed by atoms with E-state index in [1.807, 2.05) is 41.5 Å². The van der Waals surface area contributed by atoms with Gasteiger partial charge in [0.2, 0.25) is 11.1 Å². The predicted octanol–water partition coefficient (Wildman–Crippen LogP) is 7.14. The van der Waals surface area contributed by atoms with Gasteiger partial charge >= 0.3 is 5.97 Å². The predicted molar refractivity (Wildman–Crippen MR) is 172 cm³/mol. The van der Waals surface area contributed by atoms with Crippen molar-refractivity contribution in [3.05, 3.63) is 65.2 Å². The number of hydrogen-bond donors (Lipinski definition) is 1. The minimum Gasteiger partial charge on any atom is -0.465 e. The number of halogens is 2. The molecule has 2 aromatic carbocycles. The molecule has 0 radical (unpaired) electrons. The van der Waals surface area contributed by atoms with Gasteiger partial charge in [-0.1, -0.05) is 89.7 Å². The Bertz CT molecular complexity index is 1100. The van der Waals surface area contributed by atoms with Gasteiger partial charge < -0.3 is 10.1 Å². The third-order valence-corrected chi connectivity index (χ3v) is 5.48. The molecule has 0 saturated carbocycles. The molecule has 0 aliphatic carbocycles. The Morgan fingerprint density at radius 3 is 2.03 bits per heavy atom. The second-order valence-electron chi connectivity index (χ2n) is 6.32. The molecule has 38 heavy (non-hydrogen) atoms. The molecule has 9 nitrogen and oxygen atoms in total. The molecular weight excluding hydrogens is 732 g/mol. The highest BCUT2D eigenvalue weighted by Crippen LogP contribution is 2.26. The van der Waals surface area contributed by atoms with Gasteiger partial charge in [0.1, 0.15) is 0 Å². The highest BCUT2D eigenvalue weighted by Gasteiger charge is 2.31. The number of hydrogen-bond acceptors (Lipinski definition) is 8. The lowest BCUT2D eigenvalue weighted by atomic mass is 10.1. The first kappa shape index (κ1) is 38.1. The zero-order chi connectivity index (χ0) is 29.7. The van der Waals surface area contributed by atoms with Gasteiger partial charge in [-0.05, 0) is 35.0 Å². The van der Waals surface area contributed by atoms with Crippen LogP contribution in [0.3, 0.4) is 0 Å². The summed E-state index contributed by atoms with van der Waals surface area (Å²) in [5, 5.41) is 13.1. The highest BCUT2D eigenvalue weighted by molar-refractivity contribution is 15.0. The van der Waals surface area contributed by atoms with Gasteiger partial charge in [0.25, 0.3) is 0 Å². The van der Waals surface area contributed by atoms with E-state index in [9.17, 15) is 14.4 Å². The molecule has 3 rings (SSSR count). The number of carbonyl (C=O) groups excluding carboxylic acids is 3. The number of Topliss-reactive ketones (excluding diaryl/α,β-unsaturated/α-hetero) is 1. The fourth-order valence-electron chi connectivity index (χ4n) is 2.61. The average Bonchev–Trinajstić information content (AvgIpc) is 3.40. The van der Waals surface area contributed by atoms with Crippen molar-refractivity contribution in [1.82, 2.24) is 20.2 Å². The van der Waals surface area contributed by atoms with Crippen LogP contribution < -0.4 is 5.32 Å². The van der Waals surface area contributed by atoms with Crippen LogP contribution in [0.2, 0.25) is 0 Å². The minimum atomic E-state index is -1.14. The maximum Gasteiger partial charge on any atom is 0.337 e. The van der Waals surface area contributed by atoms with Crippen LogP contribution in [0.5, 0.6) is 0 Å². The number of ether oxygens (including phenoxy) is 1. The van der Waals surface area contributed by atoms with Gasteiger partial charge in [0.15, 0.2) is 11.0 Å². The number of carbonyl (C=O) groups is 3. The summed E-state index contributed by atoms with van der Waals surface area (Å²) in [5.41, 5.74) is 1.81. The second-order valence-corrected chi connectivity index (χ2v) is 7.40. The van der Waals surface area contributed by atoms with Crippen LogP contribution in [0.4, 0.5) is 5.69 Å². The number of anilines is 1. The number of ketones is 1. The molecule has 1 aromatic heterocycles. The number of benzene rings is 2. The summed E-state index contributed by atoms with van der Waals surface area (Å²) in [6.07, 6.45) is 0. The topological polar surface area (TPSA) is 116 Å². The monoisotopic (exact) mass is 769 g/mol. The van der Waals surface area contributed by atoms with Crippen molar-refractivity contribution in [2.45, 2.75) is 58.9 Å². The molecule has 1 unspecified atom stereocenters. The Morgan fingerprint density at radius 1 is 0.947 bits per heavy atom. The fourth-order valence-corrected chi connectivity index (χ4v) is 3.50. The van der Waals surface area contributed by atoms with Crippen LogP contribution in [0.25, 0.3) is 0 Å². The van der Waals surface area contributed by atoms with E-state index in [0.29, 0.717) is 16.4 Å². The SMILES string of the molecule is CC.CC.CC.COC(=O)c1ccc(C)c(NC(=O)C(Sc2nnnn2C)C(=O)c2ccccc2)c1.II. The number of esters is 1. The Hall–Kier alpha value is -2.07. The summed E-state index contributed by atoms with van der Waals surface area (Å²) in [6.45, 7) is 13.8. The fraction of sp³-hybridized carbons (Fsp3) is 0.385. The van der Waals surface area contributed by atoms with Crippen molar-refractivity contribution in [2.24, 2.45) is 7.05 Å². The lowest BCUT2D eigenvalue weighted by Crippen LogP contribution is -2.33. The quantitative estimate of drug-likeness (QED) is 0.0888. The molecule has 0 saturated heterocycles. The van der Waals surface area contributed by atoms with E-state index < -0.39 is 17.1 Å². The van der Waals surface area contributed by atoms with E-state index in [0.717, 1.165) is 17.3 Å². The molecule has 0 aliphatic heterocycles. The van der Waals surface area contributed by atoms with Crippen LogP contribution in [-0.4, -0.2) is 50.2 Å². The van der Waals surface area contributed by atoms with E-state index >= 15 is 0 Å². The van der Waals surface area contributed by atoms with Gasteiger partial charge in [-0.2, -0.15) is 0 Å². The third-order valence-electron chi connectivity index (χ3n) is 4.26. The molecular formula is C26H37I2N5O4S. The number of nitrogens with zero attached hydrogens (tertiary/aromatic N) is 4. The summed E-state index contributed by atoms with van der Waals surface area (Å²) in [5.74, 6) is -1.47. The van der Waals surface area contributed by atoms with E-state index in [1.165, 1.54) is 17.9 Å². The average molecular weight is 769 g/mol. The first-order chi connectivity index (χ1) is 18.4. The van der Waals surface area contributed by atoms with Crippen molar-refractivity contribution in [1.29, 1.82) is 0 Å². The highest BCUT2D eigenvalue weighted by atomic mass is 128. The van der Waals surface area contributed by atoms with E-state index in [4.69, 9.17) is 4.74 Å². The van der Waals surface area contributed by atoms with Crippen molar-refractivity contribution < 1.29 is 19.1 Å². The van der Waals surface area contributed by atoms with Gasteiger partial charge in [-0.25, -0.2) is 9.48 Å². The number of tetrazole rings is 1. The molecule has 210 valence electrons. The molecule has 0 bridgehead atoms. The molecule has 1 atom stereocenters. The van der Waals surface area contributed by atoms with Crippen molar-refractivity contribution >= 4 is 72.3 Å². The molecule has 1 heterocycles. The standard InChI is InChI=1S/C20H19N5O4S.3C2H6.I2/c1-12-9-10-14(19(28)29-3)11-15(12)21-18(27)17(30-20-22-23-24-25(20)2)16(26)13-7-5-4-6-8-13;4*1-2/h4-11,17H,1-3H3,(H,21,27);3*1-2H3;. The largest absolute Gasteiger partial charge is 0.465 e. The molecule has 0 fully saturated rings. The Labute approximate surface area is 253 Å². The van der Waals surface area contributed by atoms with E-state index in [-0.39, 0.29) is 11.3 Å². The number of amides is 1. The lowest BCUT2D eigenvalue weighted by molar-refractivity contribution is -0.115.